The van der Waals surface area contributed by atoms with E-state index in [1.54, 1.807) is 43.4 Å². The summed E-state index contributed by atoms with van der Waals surface area (Å²) < 4.78 is 20.2. The smallest absolute Gasteiger partial charge is 0.410 e. The lowest BCUT2D eigenvalue weighted by molar-refractivity contribution is 0.0238. The summed E-state index contributed by atoms with van der Waals surface area (Å²) in [6.07, 6.45) is 2.13. The van der Waals surface area contributed by atoms with Gasteiger partial charge in [-0.15, -0.1) is 0 Å². The molecule has 1 aliphatic rings. The Hall–Kier alpha value is -2.90. The molecule has 0 unspecified atom stereocenters. The molecule has 4 rings (SSSR count). The summed E-state index contributed by atoms with van der Waals surface area (Å²) in [5.41, 5.74) is 2.07. The Bertz CT molecular complexity index is 1420. The number of hydrogen-bond acceptors (Lipinski definition) is 6. The zero-order valence-electron chi connectivity index (χ0n) is 22.7. The van der Waals surface area contributed by atoms with Crippen molar-refractivity contribution in [3.8, 4) is 0 Å². The minimum atomic E-state index is -2.67. The van der Waals surface area contributed by atoms with E-state index in [0.29, 0.717) is 51.8 Å². The molecule has 0 bridgehead atoms. The first kappa shape index (κ1) is 28.1. The van der Waals surface area contributed by atoms with Gasteiger partial charge in [0.2, 0.25) is 5.95 Å². The standard InChI is InChI=1S/C27H35ClN5O4P/c1-17-14-18(15-22(29-17)38(5,6)36)24(34)31-25-30-21-12-9-11-20(28)23(21)33(25)19-10-7-8-13-32(16-19)26(35)37-27(2,3)4/h9,11-12,14-15,19H,7-8,10,13,16H2,1-6H3,(H,30,31,34)/t19-/m1/s1. The number of anilines is 1. The Kier molecular flexibility index (Phi) is 7.91. The number of pyridine rings is 1. The second-order valence-corrected chi connectivity index (χ2v) is 14.7. The lowest BCUT2D eigenvalue weighted by atomic mass is 10.1. The predicted molar refractivity (Wildman–Crippen MR) is 151 cm³/mol. The Morgan fingerprint density at radius 3 is 2.58 bits per heavy atom. The number of carbonyl (C=O) groups excluding carboxylic acids is 2. The molecule has 11 heteroatoms. The number of aryl methyl sites for hydroxylation is 1. The number of para-hydroxylation sites is 1. The van der Waals surface area contributed by atoms with Crippen LogP contribution in [0.15, 0.2) is 30.3 Å². The second kappa shape index (κ2) is 10.7. The van der Waals surface area contributed by atoms with E-state index >= 15 is 0 Å². The first-order chi connectivity index (χ1) is 17.7. The van der Waals surface area contributed by atoms with Gasteiger partial charge in [0.15, 0.2) is 0 Å². The zero-order valence-corrected chi connectivity index (χ0v) is 24.4. The molecule has 0 aliphatic carbocycles. The monoisotopic (exact) mass is 559 g/mol. The Morgan fingerprint density at radius 2 is 1.89 bits per heavy atom. The maximum absolute atomic E-state index is 13.4. The van der Waals surface area contributed by atoms with E-state index in [1.165, 1.54) is 0 Å². The van der Waals surface area contributed by atoms with Gasteiger partial charge in [0, 0.05) is 24.3 Å². The van der Waals surface area contributed by atoms with Crippen LogP contribution in [0.5, 0.6) is 0 Å². The maximum atomic E-state index is 13.4. The Labute approximate surface area is 228 Å². The van der Waals surface area contributed by atoms with Crippen molar-refractivity contribution in [1.82, 2.24) is 19.4 Å². The molecule has 3 heterocycles. The van der Waals surface area contributed by atoms with Crippen molar-refractivity contribution < 1.29 is 18.9 Å². The van der Waals surface area contributed by atoms with Gasteiger partial charge < -0.3 is 18.8 Å². The lowest BCUT2D eigenvalue weighted by Gasteiger charge is -2.29. The molecule has 3 aromatic rings. The van der Waals surface area contributed by atoms with Gasteiger partial charge in [-0.05, 0) is 84.6 Å². The van der Waals surface area contributed by atoms with Crippen LogP contribution in [0.2, 0.25) is 5.02 Å². The van der Waals surface area contributed by atoms with Gasteiger partial charge in [0.1, 0.15) is 18.2 Å². The number of ether oxygens (including phenoxy) is 1. The van der Waals surface area contributed by atoms with E-state index in [4.69, 9.17) is 21.3 Å². The first-order valence-electron chi connectivity index (χ1n) is 12.7. The fraction of sp³-hybridized carbons (Fsp3) is 0.481. The number of amides is 2. The summed E-state index contributed by atoms with van der Waals surface area (Å²) in [6.45, 7) is 11.5. The fourth-order valence-corrected chi connectivity index (χ4v) is 5.71. The van der Waals surface area contributed by atoms with E-state index < -0.39 is 18.7 Å². The lowest BCUT2D eigenvalue weighted by Crippen LogP contribution is -2.39. The van der Waals surface area contributed by atoms with Gasteiger partial charge >= 0.3 is 6.09 Å². The van der Waals surface area contributed by atoms with Crippen LogP contribution in [-0.4, -0.2) is 63.5 Å². The normalized spacial score (nSPS) is 16.8. The van der Waals surface area contributed by atoms with Crippen molar-refractivity contribution in [3.63, 3.8) is 0 Å². The minimum absolute atomic E-state index is 0.188. The van der Waals surface area contributed by atoms with Crippen LogP contribution in [-0.2, 0) is 9.30 Å². The van der Waals surface area contributed by atoms with Crippen molar-refractivity contribution in [2.24, 2.45) is 0 Å². The van der Waals surface area contributed by atoms with Gasteiger partial charge in [0.25, 0.3) is 5.91 Å². The molecular weight excluding hydrogens is 525 g/mol. The van der Waals surface area contributed by atoms with Crippen LogP contribution < -0.4 is 10.8 Å². The van der Waals surface area contributed by atoms with Crippen LogP contribution in [0, 0.1) is 6.92 Å². The molecule has 1 aromatic carbocycles. The molecule has 0 spiro atoms. The zero-order chi connectivity index (χ0) is 27.8. The summed E-state index contributed by atoms with van der Waals surface area (Å²) in [4.78, 5) is 37.2. The van der Waals surface area contributed by atoms with Crippen molar-refractivity contribution >= 4 is 53.2 Å². The number of nitrogens with one attached hydrogen (secondary N) is 1. The number of carbonyl (C=O) groups is 2. The Balaban J connectivity index is 1.73. The van der Waals surface area contributed by atoms with Crippen molar-refractivity contribution in [3.05, 3.63) is 46.6 Å². The largest absolute Gasteiger partial charge is 0.444 e. The highest BCUT2D eigenvalue weighted by atomic mass is 35.5. The molecule has 2 aromatic heterocycles. The fourth-order valence-electron chi connectivity index (χ4n) is 4.60. The summed E-state index contributed by atoms with van der Waals surface area (Å²) in [5.74, 6) is -0.0585. The summed E-state index contributed by atoms with van der Waals surface area (Å²) in [7, 11) is -2.67. The van der Waals surface area contributed by atoms with Crippen LogP contribution in [0.25, 0.3) is 11.0 Å². The maximum Gasteiger partial charge on any atom is 0.410 e. The molecule has 9 nitrogen and oxygen atoms in total. The summed E-state index contributed by atoms with van der Waals surface area (Å²) in [5, 5.41) is 3.45. The average molecular weight is 560 g/mol. The van der Waals surface area contributed by atoms with Gasteiger partial charge in [-0.1, -0.05) is 17.7 Å². The number of nitrogens with zero attached hydrogens (tertiary/aromatic N) is 4. The van der Waals surface area contributed by atoms with Gasteiger partial charge in [0.05, 0.1) is 22.1 Å². The number of rotatable bonds is 4. The van der Waals surface area contributed by atoms with E-state index in [2.05, 4.69) is 10.3 Å². The van der Waals surface area contributed by atoms with E-state index in [1.807, 2.05) is 37.5 Å². The number of benzene rings is 1. The number of imidazole rings is 1. The van der Waals surface area contributed by atoms with Crippen LogP contribution in [0.1, 0.15) is 62.1 Å². The predicted octanol–water partition coefficient (Wildman–Crippen LogP) is 5.86. The molecular formula is C27H35ClN5O4P. The quantitative estimate of drug-likeness (QED) is 0.402. The van der Waals surface area contributed by atoms with E-state index in [9.17, 15) is 14.2 Å². The third-order valence-electron chi connectivity index (χ3n) is 6.30. The number of halogens is 1. The molecule has 2 amide bonds. The van der Waals surface area contributed by atoms with Crippen molar-refractivity contribution in [1.29, 1.82) is 0 Å². The third-order valence-corrected chi connectivity index (χ3v) is 7.94. The molecule has 1 aliphatic heterocycles. The number of likely N-dealkylation sites (tertiary alicyclic amines) is 1. The van der Waals surface area contributed by atoms with Crippen LogP contribution in [0.4, 0.5) is 10.7 Å². The van der Waals surface area contributed by atoms with E-state index in [-0.39, 0.29) is 12.1 Å². The summed E-state index contributed by atoms with van der Waals surface area (Å²) >= 11 is 6.65. The second-order valence-electron chi connectivity index (χ2n) is 11.1. The highest BCUT2D eigenvalue weighted by molar-refractivity contribution is 7.69. The van der Waals surface area contributed by atoms with Crippen molar-refractivity contribution in [2.75, 3.05) is 31.7 Å². The topological polar surface area (TPSA) is 106 Å². The molecule has 0 saturated carbocycles. The third kappa shape index (κ3) is 6.38. The molecule has 1 N–H and O–H groups in total. The number of aromatic nitrogens is 3. The molecule has 204 valence electrons. The molecule has 1 saturated heterocycles. The molecule has 38 heavy (non-hydrogen) atoms. The molecule has 1 atom stereocenters. The minimum Gasteiger partial charge on any atom is -0.444 e. The average Bonchev–Trinajstić information content (AvgIpc) is 2.99. The first-order valence-corrected chi connectivity index (χ1v) is 15.7. The van der Waals surface area contributed by atoms with Crippen LogP contribution in [0.3, 0.4) is 0 Å². The van der Waals surface area contributed by atoms with Gasteiger partial charge in [-0.2, -0.15) is 0 Å². The Morgan fingerprint density at radius 1 is 1.16 bits per heavy atom. The van der Waals surface area contributed by atoms with Gasteiger partial charge in [-0.3, -0.25) is 15.1 Å². The molecule has 0 radical (unpaired) electrons. The van der Waals surface area contributed by atoms with Crippen LogP contribution >= 0.6 is 18.7 Å². The number of hydrogen-bond donors (Lipinski definition) is 1. The highest BCUT2D eigenvalue weighted by Gasteiger charge is 2.30. The summed E-state index contributed by atoms with van der Waals surface area (Å²) in [6, 6.07) is 8.48. The molecule has 1 fully saturated rings. The highest BCUT2D eigenvalue weighted by Crippen LogP contribution is 2.35. The van der Waals surface area contributed by atoms with Crippen molar-refractivity contribution in [2.45, 2.75) is 58.6 Å². The van der Waals surface area contributed by atoms with Gasteiger partial charge in [-0.25, -0.2) is 9.78 Å². The SMILES string of the molecule is Cc1cc(C(=O)Nc2nc3cccc(Cl)c3n2[C@@H]2CCCCN(C(=O)OC(C)(C)C)C2)cc(P(C)(C)=O)n1. The number of fused-ring (bicyclic) bond motifs is 1. The van der Waals surface area contributed by atoms with E-state index in [0.717, 1.165) is 19.3 Å².